The number of rotatable bonds is 6. The van der Waals surface area contributed by atoms with Gasteiger partial charge in [0.15, 0.2) is 5.82 Å². The first-order valence-corrected chi connectivity index (χ1v) is 13.8. The van der Waals surface area contributed by atoms with Crippen molar-refractivity contribution in [3.05, 3.63) is 112 Å². The summed E-state index contributed by atoms with van der Waals surface area (Å²) in [7, 11) is 0. The molecule has 3 atom stereocenters. The first-order valence-electron chi connectivity index (χ1n) is 12.9. The summed E-state index contributed by atoms with van der Waals surface area (Å²) in [6.45, 7) is 10.6. The zero-order valence-electron chi connectivity index (χ0n) is 22.3. The Balaban J connectivity index is 1.49. The van der Waals surface area contributed by atoms with Crippen LogP contribution >= 0.6 is 11.8 Å². The lowest BCUT2D eigenvalue weighted by Crippen LogP contribution is -2.70. The van der Waals surface area contributed by atoms with Gasteiger partial charge in [-0.25, -0.2) is 0 Å². The van der Waals surface area contributed by atoms with Gasteiger partial charge < -0.3 is 4.90 Å². The predicted octanol–water partition coefficient (Wildman–Crippen LogP) is 4.81. The van der Waals surface area contributed by atoms with Gasteiger partial charge in [-0.15, -0.1) is 22.0 Å². The molecule has 1 aromatic heterocycles. The number of aromatic amines is 1. The van der Waals surface area contributed by atoms with Crippen molar-refractivity contribution in [1.29, 1.82) is 0 Å². The SMILES string of the molecule is Cc1ccc(C(NC2C(=O)N3C(c4nn[nH]n4)C(C)(C)S[C@H]23)(c2ccc(C)cc2)c2ccc(C)cc2)cc1. The van der Waals surface area contributed by atoms with Gasteiger partial charge in [-0.2, -0.15) is 5.21 Å². The van der Waals surface area contributed by atoms with E-state index in [4.69, 9.17) is 0 Å². The van der Waals surface area contributed by atoms with Crippen LogP contribution in [0.25, 0.3) is 0 Å². The van der Waals surface area contributed by atoms with E-state index in [-0.39, 0.29) is 28.1 Å². The summed E-state index contributed by atoms with van der Waals surface area (Å²) in [5, 5.41) is 18.7. The molecule has 0 aliphatic carbocycles. The molecule has 2 saturated heterocycles. The van der Waals surface area contributed by atoms with Gasteiger partial charge in [0.1, 0.15) is 17.5 Å². The molecular formula is C30H32N6OS. The number of thioether (sulfide) groups is 1. The first kappa shape index (κ1) is 24.8. The number of carbonyl (C=O) groups is 1. The van der Waals surface area contributed by atoms with Gasteiger partial charge in [0.25, 0.3) is 0 Å². The summed E-state index contributed by atoms with van der Waals surface area (Å²) in [6, 6.07) is 25.3. The summed E-state index contributed by atoms with van der Waals surface area (Å²) in [5.74, 6) is 0.609. The van der Waals surface area contributed by atoms with E-state index in [1.54, 1.807) is 11.8 Å². The number of aromatic nitrogens is 4. The standard InChI is InChI=1S/C30H32N6OS/c1-18-6-12-21(13-7-18)30(22-14-8-19(2)9-15-22,23-16-10-20(3)11-17-23)31-24-27(37)36-25(26-32-34-35-33-26)29(4,5)38-28(24)36/h6-17,24-25,28,31H,1-5H3,(H,32,33,34,35)/t24?,25?,28-/m1/s1. The summed E-state index contributed by atoms with van der Waals surface area (Å²) in [6.07, 6.45) is 0. The third-order valence-corrected chi connectivity index (χ3v) is 9.44. The molecule has 3 heterocycles. The summed E-state index contributed by atoms with van der Waals surface area (Å²) in [4.78, 5) is 15.9. The third-order valence-electron chi connectivity index (χ3n) is 7.87. The van der Waals surface area contributed by atoms with Crippen molar-refractivity contribution in [2.45, 2.75) is 62.4 Å². The lowest BCUT2D eigenvalue weighted by Gasteiger charge is -2.49. The summed E-state index contributed by atoms with van der Waals surface area (Å²) in [5.41, 5.74) is 6.14. The average Bonchev–Trinajstić information content (AvgIpc) is 3.51. The quantitative estimate of drug-likeness (QED) is 0.278. The summed E-state index contributed by atoms with van der Waals surface area (Å²) < 4.78 is -0.263. The highest BCUT2D eigenvalue weighted by Crippen LogP contribution is 2.57. The lowest BCUT2D eigenvalue weighted by atomic mass is 9.75. The second kappa shape index (κ2) is 9.06. The average molecular weight is 525 g/mol. The maximum atomic E-state index is 13.9. The number of aryl methyl sites for hydroxylation is 3. The Labute approximate surface area is 227 Å². The Bertz CT molecular complexity index is 1340. The molecule has 7 nitrogen and oxygen atoms in total. The van der Waals surface area contributed by atoms with Crippen molar-refractivity contribution in [2.24, 2.45) is 0 Å². The van der Waals surface area contributed by atoms with Crippen LogP contribution < -0.4 is 5.32 Å². The first-order chi connectivity index (χ1) is 18.2. The molecule has 1 amide bonds. The van der Waals surface area contributed by atoms with Crippen molar-refractivity contribution < 1.29 is 4.79 Å². The predicted molar refractivity (Wildman–Crippen MR) is 150 cm³/mol. The highest BCUT2D eigenvalue weighted by atomic mass is 32.2. The largest absolute Gasteiger partial charge is 0.315 e. The minimum absolute atomic E-state index is 0.0540. The van der Waals surface area contributed by atoms with Crippen molar-refractivity contribution in [3.8, 4) is 0 Å². The number of β-lactam (4-membered cyclic amide) rings is 1. The number of fused-ring (bicyclic) bond motifs is 1. The van der Waals surface area contributed by atoms with Crippen LogP contribution in [0.1, 0.15) is 59.1 Å². The number of amides is 1. The normalized spacial score (nSPS) is 22.3. The molecule has 2 aliphatic heterocycles. The van der Waals surface area contributed by atoms with Gasteiger partial charge in [-0.3, -0.25) is 10.1 Å². The van der Waals surface area contributed by atoms with Crippen LogP contribution in [0.5, 0.6) is 0 Å². The van der Waals surface area contributed by atoms with Crippen LogP contribution in [0.3, 0.4) is 0 Å². The molecular weight excluding hydrogens is 492 g/mol. The van der Waals surface area contributed by atoms with Crippen molar-refractivity contribution in [3.63, 3.8) is 0 Å². The zero-order chi connectivity index (χ0) is 26.7. The number of carbonyl (C=O) groups excluding carboxylic acids is 1. The molecule has 8 heteroatoms. The van der Waals surface area contributed by atoms with E-state index in [0.717, 1.165) is 16.7 Å². The molecule has 194 valence electrons. The van der Waals surface area contributed by atoms with Gasteiger partial charge in [0, 0.05) is 4.75 Å². The number of H-pyrrole nitrogens is 1. The van der Waals surface area contributed by atoms with Crippen molar-refractivity contribution in [1.82, 2.24) is 30.8 Å². The molecule has 0 radical (unpaired) electrons. The van der Waals surface area contributed by atoms with E-state index >= 15 is 0 Å². The number of nitrogens with zero attached hydrogens (tertiary/aromatic N) is 4. The fraction of sp³-hybridized carbons (Fsp3) is 0.333. The molecule has 38 heavy (non-hydrogen) atoms. The number of nitrogens with one attached hydrogen (secondary N) is 2. The number of hydrogen-bond acceptors (Lipinski definition) is 6. The maximum Gasteiger partial charge on any atom is 0.244 e. The van der Waals surface area contributed by atoms with E-state index in [9.17, 15) is 4.79 Å². The molecule has 2 N–H and O–H groups in total. The Hall–Kier alpha value is -3.49. The van der Waals surface area contributed by atoms with E-state index in [0.29, 0.717) is 5.82 Å². The Kier molecular flexibility index (Phi) is 5.92. The van der Waals surface area contributed by atoms with E-state index in [1.807, 2.05) is 4.90 Å². The third kappa shape index (κ3) is 3.85. The fourth-order valence-corrected chi connectivity index (χ4v) is 7.47. The van der Waals surface area contributed by atoms with Gasteiger partial charge in [0.2, 0.25) is 5.91 Å². The monoisotopic (exact) mass is 524 g/mol. The van der Waals surface area contributed by atoms with E-state index in [1.165, 1.54) is 16.7 Å². The lowest BCUT2D eigenvalue weighted by molar-refractivity contribution is -0.150. The highest BCUT2D eigenvalue weighted by Gasteiger charge is 2.64. The van der Waals surface area contributed by atoms with Crippen LogP contribution in [0.2, 0.25) is 0 Å². The Morgan fingerprint density at radius 1 is 0.842 bits per heavy atom. The Morgan fingerprint density at radius 3 is 1.74 bits per heavy atom. The van der Waals surface area contributed by atoms with Gasteiger partial charge in [-0.05, 0) is 51.3 Å². The Morgan fingerprint density at radius 2 is 1.32 bits per heavy atom. The van der Waals surface area contributed by atoms with E-state index in [2.05, 4.69) is 133 Å². The van der Waals surface area contributed by atoms with E-state index < -0.39 is 5.54 Å². The fourth-order valence-electron chi connectivity index (χ4n) is 5.84. The number of benzene rings is 3. The molecule has 6 rings (SSSR count). The smallest absolute Gasteiger partial charge is 0.244 e. The van der Waals surface area contributed by atoms with Crippen LogP contribution in [0.4, 0.5) is 0 Å². The molecule has 2 fully saturated rings. The van der Waals surface area contributed by atoms with Crippen LogP contribution in [0.15, 0.2) is 72.8 Å². The second-order valence-electron chi connectivity index (χ2n) is 11.0. The molecule has 2 aliphatic rings. The second-order valence-corrected chi connectivity index (χ2v) is 12.8. The molecule has 0 spiro atoms. The molecule has 4 aromatic rings. The van der Waals surface area contributed by atoms with Gasteiger partial charge in [-0.1, -0.05) is 94.7 Å². The van der Waals surface area contributed by atoms with Crippen molar-refractivity contribution in [2.75, 3.05) is 0 Å². The van der Waals surface area contributed by atoms with Crippen molar-refractivity contribution >= 4 is 17.7 Å². The van der Waals surface area contributed by atoms with Crippen LogP contribution in [0, 0.1) is 20.8 Å². The van der Waals surface area contributed by atoms with Gasteiger partial charge in [0.05, 0.1) is 5.54 Å². The van der Waals surface area contributed by atoms with Crippen LogP contribution in [-0.4, -0.2) is 47.6 Å². The minimum Gasteiger partial charge on any atom is -0.315 e. The minimum atomic E-state index is -0.726. The molecule has 0 bridgehead atoms. The van der Waals surface area contributed by atoms with Gasteiger partial charge >= 0.3 is 0 Å². The molecule has 2 unspecified atom stereocenters. The number of hydrogen-bond donors (Lipinski definition) is 2. The summed E-state index contributed by atoms with van der Waals surface area (Å²) >= 11 is 1.79. The van der Waals surface area contributed by atoms with Crippen LogP contribution in [-0.2, 0) is 10.3 Å². The molecule has 0 saturated carbocycles. The zero-order valence-corrected chi connectivity index (χ0v) is 23.1. The highest BCUT2D eigenvalue weighted by molar-refractivity contribution is 8.01. The topological polar surface area (TPSA) is 86.8 Å². The maximum absolute atomic E-state index is 13.9. The number of tetrazole rings is 1. The molecule has 3 aromatic carbocycles.